The zero-order valence-corrected chi connectivity index (χ0v) is 12.1. The maximum Gasteiger partial charge on any atom is 0.220 e. The summed E-state index contributed by atoms with van der Waals surface area (Å²) in [6, 6.07) is 4.16. The first-order valence-electron chi connectivity index (χ1n) is 7.54. The molecule has 0 saturated heterocycles. The highest BCUT2D eigenvalue weighted by Gasteiger charge is 2.25. The van der Waals surface area contributed by atoms with Gasteiger partial charge >= 0.3 is 0 Å². The van der Waals surface area contributed by atoms with Gasteiger partial charge in [0.1, 0.15) is 0 Å². The molecule has 21 heavy (non-hydrogen) atoms. The van der Waals surface area contributed by atoms with Crippen molar-refractivity contribution in [1.82, 2.24) is 5.32 Å². The smallest absolute Gasteiger partial charge is 0.220 e. The van der Waals surface area contributed by atoms with Gasteiger partial charge in [-0.15, -0.1) is 0 Å². The van der Waals surface area contributed by atoms with E-state index in [4.69, 9.17) is 5.73 Å². The number of halogens is 2. The first-order valence-corrected chi connectivity index (χ1v) is 7.54. The number of aryl methyl sites for hydroxylation is 1. The van der Waals surface area contributed by atoms with Crippen LogP contribution in [0.4, 0.5) is 8.78 Å². The predicted molar refractivity (Wildman–Crippen MR) is 77.6 cm³/mol. The third-order valence-corrected chi connectivity index (χ3v) is 4.21. The highest BCUT2D eigenvalue weighted by molar-refractivity contribution is 5.76. The Balaban J connectivity index is 1.85. The van der Waals surface area contributed by atoms with E-state index in [2.05, 4.69) is 5.32 Å². The van der Waals surface area contributed by atoms with Crippen LogP contribution in [0.3, 0.4) is 0 Å². The predicted octanol–water partition coefficient (Wildman–Crippen LogP) is 2.53. The second kappa shape index (κ2) is 7.50. The standard InChI is InChI=1S/C16H22F2N2O/c17-13-6-3-5-11(16(13)18)8-9-15(21)20-14-7-2-1-4-12(14)10-19/h3,5-6,12,14H,1-2,4,7-10,19H2,(H,20,21). The Kier molecular flexibility index (Phi) is 5.67. The Bertz CT molecular complexity index is 493. The van der Waals surface area contributed by atoms with Crippen LogP contribution in [0.25, 0.3) is 0 Å². The first-order chi connectivity index (χ1) is 10.1. The summed E-state index contributed by atoms with van der Waals surface area (Å²) in [6.07, 6.45) is 4.61. The van der Waals surface area contributed by atoms with Crippen molar-refractivity contribution in [2.24, 2.45) is 11.7 Å². The monoisotopic (exact) mass is 296 g/mol. The van der Waals surface area contributed by atoms with Gasteiger partial charge in [-0.1, -0.05) is 25.0 Å². The summed E-state index contributed by atoms with van der Waals surface area (Å²) in [5.74, 6) is -1.52. The Hall–Kier alpha value is -1.49. The van der Waals surface area contributed by atoms with Crippen molar-refractivity contribution in [3.63, 3.8) is 0 Å². The van der Waals surface area contributed by atoms with E-state index in [0.717, 1.165) is 31.7 Å². The Morgan fingerprint density at radius 2 is 2.05 bits per heavy atom. The minimum absolute atomic E-state index is 0.119. The van der Waals surface area contributed by atoms with Crippen LogP contribution < -0.4 is 11.1 Å². The molecule has 3 nitrogen and oxygen atoms in total. The fourth-order valence-electron chi connectivity index (χ4n) is 2.95. The number of amides is 1. The summed E-state index contributed by atoms with van der Waals surface area (Å²) in [5.41, 5.74) is 5.97. The normalized spacial score (nSPS) is 22.0. The molecule has 1 aromatic carbocycles. The minimum atomic E-state index is -0.872. The molecule has 0 radical (unpaired) electrons. The highest BCUT2D eigenvalue weighted by atomic mass is 19.2. The molecule has 2 atom stereocenters. The zero-order valence-electron chi connectivity index (χ0n) is 12.1. The average Bonchev–Trinajstić information content (AvgIpc) is 2.49. The summed E-state index contributed by atoms with van der Waals surface area (Å²) >= 11 is 0. The number of benzene rings is 1. The third-order valence-electron chi connectivity index (χ3n) is 4.21. The van der Waals surface area contributed by atoms with Crippen molar-refractivity contribution in [2.45, 2.75) is 44.6 Å². The van der Waals surface area contributed by atoms with Crippen LogP contribution in [0.2, 0.25) is 0 Å². The van der Waals surface area contributed by atoms with Gasteiger partial charge in [0.2, 0.25) is 5.91 Å². The van der Waals surface area contributed by atoms with Crippen LogP contribution in [0.5, 0.6) is 0 Å². The number of rotatable bonds is 5. The maximum absolute atomic E-state index is 13.5. The van der Waals surface area contributed by atoms with E-state index in [1.807, 2.05) is 0 Å². The van der Waals surface area contributed by atoms with Gasteiger partial charge in [-0.3, -0.25) is 4.79 Å². The van der Waals surface area contributed by atoms with Crippen LogP contribution in [-0.4, -0.2) is 18.5 Å². The molecule has 3 N–H and O–H groups in total. The number of carbonyl (C=O) groups is 1. The van der Waals surface area contributed by atoms with Crippen LogP contribution in [0.15, 0.2) is 18.2 Å². The summed E-state index contributed by atoms with van der Waals surface area (Å²) in [4.78, 5) is 12.0. The number of nitrogens with one attached hydrogen (secondary N) is 1. The molecular formula is C16H22F2N2O. The lowest BCUT2D eigenvalue weighted by Crippen LogP contribution is -2.44. The van der Waals surface area contributed by atoms with Crippen molar-refractivity contribution in [2.75, 3.05) is 6.54 Å². The fraction of sp³-hybridized carbons (Fsp3) is 0.562. The zero-order chi connectivity index (χ0) is 15.2. The van der Waals surface area contributed by atoms with E-state index in [9.17, 15) is 13.6 Å². The second-order valence-corrected chi connectivity index (χ2v) is 5.67. The van der Waals surface area contributed by atoms with Crippen molar-refractivity contribution >= 4 is 5.91 Å². The number of nitrogens with two attached hydrogens (primary N) is 1. The number of hydrogen-bond donors (Lipinski definition) is 2. The van der Waals surface area contributed by atoms with Crippen LogP contribution >= 0.6 is 0 Å². The average molecular weight is 296 g/mol. The summed E-state index contributed by atoms with van der Waals surface area (Å²) in [5, 5.41) is 2.99. The first kappa shape index (κ1) is 15.9. The van der Waals surface area contributed by atoms with Crippen molar-refractivity contribution in [1.29, 1.82) is 0 Å². The summed E-state index contributed by atoms with van der Waals surface area (Å²) < 4.78 is 26.6. The molecule has 1 saturated carbocycles. The van der Waals surface area contributed by atoms with E-state index in [1.165, 1.54) is 12.1 Å². The quantitative estimate of drug-likeness (QED) is 0.877. The van der Waals surface area contributed by atoms with E-state index in [1.54, 1.807) is 0 Å². The van der Waals surface area contributed by atoms with Gasteiger partial charge in [0.25, 0.3) is 0 Å². The fourth-order valence-corrected chi connectivity index (χ4v) is 2.95. The molecular weight excluding hydrogens is 274 g/mol. The van der Waals surface area contributed by atoms with Crippen LogP contribution in [0, 0.1) is 17.6 Å². The molecule has 1 aliphatic rings. The van der Waals surface area contributed by atoms with E-state index < -0.39 is 11.6 Å². The van der Waals surface area contributed by atoms with Gasteiger partial charge in [0.15, 0.2) is 11.6 Å². The van der Waals surface area contributed by atoms with Crippen molar-refractivity contribution < 1.29 is 13.6 Å². The second-order valence-electron chi connectivity index (χ2n) is 5.67. The number of carbonyl (C=O) groups excluding carboxylic acids is 1. The van der Waals surface area contributed by atoms with Gasteiger partial charge < -0.3 is 11.1 Å². The lowest BCUT2D eigenvalue weighted by molar-refractivity contribution is -0.122. The Labute approximate surface area is 123 Å². The SMILES string of the molecule is NCC1CCCCC1NC(=O)CCc1cccc(F)c1F. The van der Waals surface area contributed by atoms with E-state index in [0.29, 0.717) is 12.5 Å². The molecule has 0 aromatic heterocycles. The Morgan fingerprint density at radius 3 is 2.81 bits per heavy atom. The third kappa shape index (κ3) is 4.24. The minimum Gasteiger partial charge on any atom is -0.353 e. The summed E-state index contributed by atoms with van der Waals surface area (Å²) in [6.45, 7) is 0.573. The van der Waals surface area contributed by atoms with Crippen molar-refractivity contribution in [3.05, 3.63) is 35.4 Å². The number of hydrogen-bond acceptors (Lipinski definition) is 2. The van der Waals surface area contributed by atoms with Gasteiger partial charge in [-0.05, 0) is 43.4 Å². The van der Waals surface area contributed by atoms with Crippen LogP contribution in [-0.2, 0) is 11.2 Å². The van der Waals surface area contributed by atoms with Gasteiger partial charge in [-0.2, -0.15) is 0 Å². The van der Waals surface area contributed by atoms with Crippen LogP contribution in [0.1, 0.15) is 37.7 Å². The molecule has 1 amide bonds. The molecule has 1 aromatic rings. The molecule has 1 aliphatic carbocycles. The molecule has 0 spiro atoms. The molecule has 1 fully saturated rings. The van der Waals surface area contributed by atoms with E-state index in [-0.39, 0.29) is 30.4 Å². The molecule has 0 aliphatic heterocycles. The molecule has 5 heteroatoms. The lowest BCUT2D eigenvalue weighted by Gasteiger charge is -2.31. The molecule has 2 rings (SSSR count). The highest BCUT2D eigenvalue weighted by Crippen LogP contribution is 2.23. The lowest BCUT2D eigenvalue weighted by atomic mass is 9.84. The summed E-state index contributed by atoms with van der Waals surface area (Å²) in [7, 11) is 0. The molecule has 116 valence electrons. The largest absolute Gasteiger partial charge is 0.353 e. The maximum atomic E-state index is 13.5. The van der Waals surface area contributed by atoms with Crippen molar-refractivity contribution in [3.8, 4) is 0 Å². The van der Waals surface area contributed by atoms with Gasteiger partial charge in [-0.25, -0.2) is 8.78 Å². The molecule has 2 unspecified atom stereocenters. The molecule has 0 bridgehead atoms. The molecule has 0 heterocycles. The topological polar surface area (TPSA) is 55.1 Å². The Morgan fingerprint density at radius 1 is 1.29 bits per heavy atom. The van der Waals surface area contributed by atoms with Gasteiger partial charge in [0, 0.05) is 12.5 Å². The van der Waals surface area contributed by atoms with E-state index >= 15 is 0 Å². The van der Waals surface area contributed by atoms with Gasteiger partial charge in [0.05, 0.1) is 0 Å².